The summed E-state index contributed by atoms with van der Waals surface area (Å²) in [6, 6.07) is 14.7. The summed E-state index contributed by atoms with van der Waals surface area (Å²) in [6.07, 6.45) is 2.58. The molecule has 2 aliphatic carbocycles. The van der Waals surface area contributed by atoms with Gasteiger partial charge in [-0.1, -0.05) is 41.4 Å². The molecule has 1 saturated carbocycles. The number of halogens is 2. The molecule has 2 saturated heterocycles. The molecule has 3 fully saturated rings. The predicted molar refractivity (Wildman–Crippen MR) is 165 cm³/mol. The highest BCUT2D eigenvalue weighted by Gasteiger charge is 2.67. The first-order valence-corrected chi connectivity index (χ1v) is 16.2. The molecule has 0 bridgehead atoms. The molecule has 6 unspecified atom stereocenters. The second-order valence-corrected chi connectivity index (χ2v) is 13.7. The number of benzene rings is 2. The standard InChI is InChI=1S/C34H30ClFN2O6S/c1-34-25(31(41)38(33(34)43)19-6-11-27(36)26(35)15-19)16-24-22(29(34)18-4-7-20(8-5-18)44-13-12-39)9-10-23-28(24)32(42)37(30(23)40)17-21-3-2-14-45-21/h2-9,11,14-15,23-25,28-29,39H,10,12-13,16-17H2,1H3. The summed E-state index contributed by atoms with van der Waals surface area (Å²) in [5.41, 5.74) is 0.588. The molecular weight excluding hydrogens is 619 g/mol. The number of amides is 4. The van der Waals surface area contributed by atoms with E-state index in [9.17, 15) is 28.7 Å². The first-order valence-electron chi connectivity index (χ1n) is 14.9. The lowest BCUT2D eigenvalue weighted by atomic mass is 9.51. The monoisotopic (exact) mass is 648 g/mol. The van der Waals surface area contributed by atoms with Gasteiger partial charge in [-0.3, -0.25) is 24.1 Å². The van der Waals surface area contributed by atoms with E-state index >= 15 is 0 Å². The third kappa shape index (κ3) is 4.56. The Morgan fingerprint density at radius 3 is 2.51 bits per heavy atom. The number of carbonyl (C=O) groups is 4. The molecule has 7 rings (SSSR count). The van der Waals surface area contributed by atoms with Crippen molar-refractivity contribution in [3.05, 3.63) is 92.9 Å². The van der Waals surface area contributed by atoms with Gasteiger partial charge in [-0.15, -0.1) is 11.3 Å². The van der Waals surface area contributed by atoms with E-state index in [1.54, 1.807) is 19.1 Å². The lowest BCUT2D eigenvalue weighted by Gasteiger charge is -2.49. The molecular formula is C34H30ClFN2O6S. The Kier molecular flexibility index (Phi) is 7.42. The van der Waals surface area contributed by atoms with Crippen LogP contribution < -0.4 is 9.64 Å². The van der Waals surface area contributed by atoms with E-state index in [4.69, 9.17) is 16.3 Å². The quantitative estimate of drug-likeness (QED) is 0.274. The molecule has 45 heavy (non-hydrogen) atoms. The van der Waals surface area contributed by atoms with Crippen LogP contribution in [0.4, 0.5) is 10.1 Å². The highest BCUT2D eigenvalue weighted by atomic mass is 35.5. The minimum atomic E-state index is -1.23. The Bertz CT molecular complexity index is 1740. The van der Waals surface area contributed by atoms with Gasteiger partial charge in [-0.2, -0.15) is 0 Å². The first-order chi connectivity index (χ1) is 21.6. The number of ether oxygens (including phenoxy) is 1. The lowest BCUT2D eigenvalue weighted by Crippen LogP contribution is -2.48. The number of rotatable bonds is 7. The number of aliphatic hydroxyl groups excluding tert-OH is 1. The molecule has 11 heteroatoms. The van der Waals surface area contributed by atoms with Crippen molar-refractivity contribution in [1.82, 2.24) is 4.90 Å². The smallest absolute Gasteiger partial charge is 0.241 e. The Hall–Kier alpha value is -3.86. The topological polar surface area (TPSA) is 104 Å². The van der Waals surface area contributed by atoms with Gasteiger partial charge in [0.15, 0.2) is 0 Å². The Morgan fingerprint density at radius 1 is 1.04 bits per heavy atom. The van der Waals surface area contributed by atoms with Gasteiger partial charge in [0.1, 0.15) is 18.2 Å². The van der Waals surface area contributed by atoms with Crippen LogP contribution in [0.25, 0.3) is 0 Å². The van der Waals surface area contributed by atoms with Gasteiger partial charge in [-0.05, 0) is 73.0 Å². The number of hydrogen-bond donors (Lipinski definition) is 1. The number of thiophene rings is 1. The van der Waals surface area contributed by atoms with Crippen LogP contribution in [0.1, 0.15) is 36.1 Å². The zero-order chi connectivity index (χ0) is 31.6. The minimum absolute atomic E-state index is 0.124. The number of allylic oxidation sites excluding steroid dienone is 2. The number of anilines is 1. The van der Waals surface area contributed by atoms with Crippen LogP contribution in [-0.2, 0) is 25.7 Å². The molecule has 1 N–H and O–H groups in total. The van der Waals surface area contributed by atoms with Crippen LogP contribution in [0, 0.1) is 34.9 Å². The Balaban J connectivity index is 1.32. The van der Waals surface area contributed by atoms with Crippen LogP contribution in [0.3, 0.4) is 0 Å². The largest absolute Gasteiger partial charge is 0.491 e. The Morgan fingerprint density at radius 2 is 1.82 bits per heavy atom. The third-order valence-electron chi connectivity index (χ3n) is 9.99. The molecule has 2 aromatic carbocycles. The van der Waals surface area contributed by atoms with Crippen molar-refractivity contribution in [3.63, 3.8) is 0 Å². The van der Waals surface area contributed by atoms with Crippen LogP contribution in [-0.4, -0.2) is 46.8 Å². The second-order valence-electron chi connectivity index (χ2n) is 12.2. The number of hydrogen-bond acceptors (Lipinski definition) is 7. The highest BCUT2D eigenvalue weighted by Crippen LogP contribution is 2.63. The second kappa shape index (κ2) is 11.2. The summed E-state index contributed by atoms with van der Waals surface area (Å²) in [5, 5.41) is 10.9. The number of nitrogens with zero attached hydrogens (tertiary/aromatic N) is 2. The number of carbonyl (C=O) groups excluding carboxylic acids is 4. The van der Waals surface area contributed by atoms with Crippen molar-refractivity contribution >= 4 is 52.3 Å². The highest BCUT2D eigenvalue weighted by molar-refractivity contribution is 7.09. The number of fused-ring (bicyclic) bond motifs is 4. The normalized spacial score (nSPS) is 29.1. The van der Waals surface area contributed by atoms with Gasteiger partial charge >= 0.3 is 0 Å². The molecule has 1 aromatic heterocycles. The van der Waals surface area contributed by atoms with E-state index in [1.807, 2.05) is 35.7 Å². The van der Waals surface area contributed by atoms with E-state index in [1.165, 1.54) is 28.4 Å². The Labute approximate surface area is 268 Å². The third-order valence-corrected chi connectivity index (χ3v) is 11.1. The number of aliphatic hydroxyl groups is 1. The molecule has 0 spiro atoms. The van der Waals surface area contributed by atoms with Gasteiger partial charge < -0.3 is 9.84 Å². The van der Waals surface area contributed by atoms with Gasteiger partial charge in [0.2, 0.25) is 23.6 Å². The van der Waals surface area contributed by atoms with Crippen LogP contribution in [0.2, 0.25) is 5.02 Å². The van der Waals surface area contributed by atoms with Crippen molar-refractivity contribution < 1.29 is 33.4 Å². The summed E-state index contributed by atoms with van der Waals surface area (Å²) in [4.78, 5) is 59.7. The maximum Gasteiger partial charge on any atom is 0.241 e. The summed E-state index contributed by atoms with van der Waals surface area (Å²) in [7, 11) is 0. The van der Waals surface area contributed by atoms with E-state index < -0.39 is 52.6 Å². The average Bonchev–Trinajstić information content (AvgIpc) is 3.69. The van der Waals surface area contributed by atoms with Gasteiger partial charge in [0, 0.05) is 10.8 Å². The van der Waals surface area contributed by atoms with Crippen molar-refractivity contribution in [3.8, 4) is 5.75 Å². The van der Waals surface area contributed by atoms with E-state index in [-0.39, 0.29) is 48.7 Å². The zero-order valence-electron chi connectivity index (χ0n) is 24.3. The summed E-state index contributed by atoms with van der Waals surface area (Å²) in [6.45, 7) is 1.98. The predicted octanol–water partition coefficient (Wildman–Crippen LogP) is 5.34. The number of imide groups is 2. The fraction of sp³-hybridized carbons (Fsp3) is 0.353. The maximum atomic E-state index is 14.5. The van der Waals surface area contributed by atoms with Crippen molar-refractivity contribution in [1.29, 1.82) is 0 Å². The zero-order valence-corrected chi connectivity index (χ0v) is 25.9. The summed E-state index contributed by atoms with van der Waals surface area (Å²) in [5.74, 6) is -4.45. The van der Waals surface area contributed by atoms with E-state index in [2.05, 4.69) is 0 Å². The van der Waals surface area contributed by atoms with Crippen LogP contribution in [0.15, 0.2) is 71.6 Å². The van der Waals surface area contributed by atoms with Gasteiger partial charge in [0.05, 0.1) is 47.0 Å². The first kappa shape index (κ1) is 29.8. The van der Waals surface area contributed by atoms with Crippen molar-refractivity contribution in [2.24, 2.45) is 29.1 Å². The molecule has 4 amide bonds. The van der Waals surface area contributed by atoms with Crippen LogP contribution >= 0.6 is 22.9 Å². The fourth-order valence-corrected chi connectivity index (χ4v) is 8.83. The van der Waals surface area contributed by atoms with Crippen molar-refractivity contribution in [2.45, 2.75) is 32.2 Å². The molecule has 8 nitrogen and oxygen atoms in total. The van der Waals surface area contributed by atoms with E-state index in [0.717, 1.165) is 27.0 Å². The fourth-order valence-electron chi connectivity index (χ4n) is 7.97. The molecule has 2 aliphatic heterocycles. The molecule has 3 heterocycles. The van der Waals surface area contributed by atoms with Crippen LogP contribution in [0.5, 0.6) is 5.75 Å². The minimum Gasteiger partial charge on any atom is -0.491 e. The summed E-state index contributed by atoms with van der Waals surface area (Å²) < 4.78 is 19.6. The van der Waals surface area contributed by atoms with Crippen molar-refractivity contribution in [2.75, 3.05) is 18.1 Å². The number of likely N-dealkylation sites (tertiary alicyclic amines) is 1. The molecule has 3 aromatic rings. The van der Waals surface area contributed by atoms with Gasteiger partial charge in [0.25, 0.3) is 0 Å². The molecule has 4 aliphatic rings. The molecule has 0 radical (unpaired) electrons. The van der Waals surface area contributed by atoms with E-state index in [0.29, 0.717) is 12.2 Å². The SMILES string of the molecule is CC12C(=O)N(c3ccc(F)c(Cl)c3)C(=O)C1CC1C(=CCC3C(=O)N(Cc4cccs4)C(=O)C31)C2c1ccc(OCCO)cc1. The average molecular weight is 649 g/mol. The molecule has 6 atom stereocenters. The lowest BCUT2D eigenvalue weighted by molar-refractivity contribution is -0.141. The summed E-state index contributed by atoms with van der Waals surface area (Å²) >= 11 is 7.55. The maximum absolute atomic E-state index is 14.5. The molecule has 232 valence electrons. The van der Waals surface area contributed by atoms with Gasteiger partial charge in [-0.25, -0.2) is 9.29 Å².